The van der Waals surface area contributed by atoms with Crippen LogP contribution in [0.5, 0.6) is 0 Å². The molecule has 0 bridgehead atoms. The van der Waals surface area contributed by atoms with Gasteiger partial charge in [-0.3, -0.25) is 9.59 Å². The predicted molar refractivity (Wildman–Crippen MR) is 87.3 cm³/mol. The third-order valence-electron chi connectivity index (χ3n) is 3.49. The monoisotopic (exact) mass is 357 g/mol. The molecule has 3 rings (SSSR count). The van der Waals surface area contributed by atoms with Crippen LogP contribution in [-0.4, -0.2) is 23.3 Å². The Bertz CT molecular complexity index is 938. The first-order valence-electron chi connectivity index (χ1n) is 7.66. The summed E-state index contributed by atoms with van der Waals surface area (Å²) in [6.07, 6.45) is 1.10. The molecule has 0 amide bonds. The molecule has 2 aromatic carbocycles. The van der Waals surface area contributed by atoms with Gasteiger partial charge >= 0.3 is 5.97 Å². The molecule has 0 atom stereocenters. The van der Waals surface area contributed by atoms with E-state index in [-0.39, 0.29) is 6.42 Å². The lowest BCUT2D eigenvalue weighted by Crippen LogP contribution is -2.17. The number of nitrogens with zero attached hydrogens (tertiary/aromatic N) is 1. The number of halogens is 2. The van der Waals surface area contributed by atoms with Crippen LogP contribution in [0.4, 0.5) is 8.78 Å². The fraction of sp³-hybridized carbons (Fsp3) is 0.105. The Hall–Kier alpha value is -3.35. The molecule has 0 aliphatic rings. The van der Waals surface area contributed by atoms with Gasteiger partial charge in [-0.2, -0.15) is 0 Å². The summed E-state index contributed by atoms with van der Waals surface area (Å²) in [5, 5.41) is 0. The fourth-order valence-corrected chi connectivity index (χ4v) is 2.24. The quantitative estimate of drug-likeness (QED) is 0.498. The van der Waals surface area contributed by atoms with Gasteiger partial charge < -0.3 is 9.15 Å². The fourth-order valence-electron chi connectivity index (χ4n) is 2.24. The Balaban J connectivity index is 1.57. The van der Waals surface area contributed by atoms with Crippen LogP contribution < -0.4 is 0 Å². The van der Waals surface area contributed by atoms with Gasteiger partial charge in [0.2, 0.25) is 11.7 Å². The van der Waals surface area contributed by atoms with Gasteiger partial charge in [0.25, 0.3) is 0 Å². The molecule has 0 radical (unpaired) electrons. The first-order valence-corrected chi connectivity index (χ1v) is 7.66. The molecule has 0 aliphatic carbocycles. The van der Waals surface area contributed by atoms with Gasteiger partial charge in [-0.1, -0.05) is 18.2 Å². The highest BCUT2D eigenvalue weighted by atomic mass is 19.1. The number of oxazole rings is 1. The van der Waals surface area contributed by atoms with Crippen molar-refractivity contribution in [2.24, 2.45) is 0 Å². The zero-order chi connectivity index (χ0) is 18.5. The third kappa shape index (κ3) is 4.18. The number of hydrogen-bond acceptors (Lipinski definition) is 5. The van der Waals surface area contributed by atoms with Crippen LogP contribution in [0.25, 0.3) is 11.5 Å². The van der Waals surface area contributed by atoms with Crippen molar-refractivity contribution in [2.75, 3.05) is 6.61 Å². The Morgan fingerprint density at radius 2 is 1.85 bits per heavy atom. The van der Waals surface area contributed by atoms with Gasteiger partial charge in [0, 0.05) is 5.56 Å². The maximum Gasteiger partial charge on any atom is 0.312 e. The van der Waals surface area contributed by atoms with E-state index in [0.717, 1.165) is 23.8 Å². The van der Waals surface area contributed by atoms with Gasteiger partial charge in [-0.25, -0.2) is 13.8 Å². The van der Waals surface area contributed by atoms with Crippen molar-refractivity contribution in [3.8, 4) is 11.5 Å². The second-order valence-electron chi connectivity index (χ2n) is 5.39. The summed E-state index contributed by atoms with van der Waals surface area (Å²) in [4.78, 5) is 27.8. The predicted octanol–water partition coefficient (Wildman–Crippen LogP) is 3.59. The molecule has 0 saturated heterocycles. The molecule has 0 fully saturated rings. The summed E-state index contributed by atoms with van der Waals surface area (Å²) >= 11 is 0. The molecule has 5 nitrogen and oxygen atoms in total. The van der Waals surface area contributed by atoms with Crippen LogP contribution in [0.2, 0.25) is 0 Å². The normalized spacial score (nSPS) is 10.5. The number of aromatic nitrogens is 1. The summed E-state index contributed by atoms with van der Waals surface area (Å²) in [5.74, 6) is -2.84. The van der Waals surface area contributed by atoms with Crippen LogP contribution in [0.15, 0.2) is 59.2 Å². The van der Waals surface area contributed by atoms with Crippen molar-refractivity contribution in [3.05, 3.63) is 77.7 Å². The van der Waals surface area contributed by atoms with E-state index in [1.54, 1.807) is 12.1 Å². The van der Waals surface area contributed by atoms with E-state index in [0.29, 0.717) is 11.6 Å². The minimum absolute atomic E-state index is 0.213. The largest absolute Gasteiger partial charge is 0.457 e. The first-order chi connectivity index (χ1) is 12.5. The number of ether oxygens (including phenoxy) is 1. The van der Waals surface area contributed by atoms with Crippen LogP contribution in [0, 0.1) is 11.6 Å². The maximum absolute atomic E-state index is 13.5. The molecule has 7 heteroatoms. The molecule has 3 aromatic rings. The van der Waals surface area contributed by atoms with E-state index in [9.17, 15) is 18.4 Å². The molecule has 1 aromatic heterocycles. The van der Waals surface area contributed by atoms with Gasteiger partial charge in [0.1, 0.15) is 17.9 Å². The molecule has 0 unspecified atom stereocenters. The SMILES string of the molecule is O=C(Cc1coc(-c2ccccc2)n1)OCC(=O)c1cc(F)ccc1F. The summed E-state index contributed by atoms with van der Waals surface area (Å²) in [7, 11) is 0. The maximum atomic E-state index is 13.5. The highest BCUT2D eigenvalue weighted by Crippen LogP contribution is 2.18. The number of rotatable bonds is 6. The number of ketones is 1. The molecule has 132 valence electrons. The summed E-state index contributed by atoms with van der Waals surface area (Å²) in [6.45, 7) is -0.692. The van der Waals surface area contributed by atoms with Crippen LogP contribution in [0.3, 0.4) is 0 Å². The molecule has 26 heavy (non-hydrogen) atoms. The average Bonchev–Trinajstić information content (AvgIpc) is 3.11. The number of esters is 1. The lowest BCUT2D eigenvalue weighted by Gasteiger charge is -2.04. The number of carbonyl (C=O) groups excluding carboxylic acids is 2. The van der Waals surface area contributed by atoms with Crippen LogP contribution in [0.1, 0.15) is 16.1 Å². The van der Waals surface area contributed by atoms with E-state index in [1.165, 1.54) is 6.26 Å². The lowest BCUT2D eigenvalue weighted by molar-refractivity contribution is -0.141. The molecule has 1 heterocycles. The van der Waals surface area contributed by atoms with Crippen molar-refractivity contribution in [2.45, 2.75) is 6.42 Å². The van der Waals surface area contributed by atoms with E-state index in [2.05, 4.69) is 4.98 Å². The van der Waals surface area contributed by atoms with Crippen molar-refractivity contribution in [3.63, 3.8) is 0 Å². The van der Waals surface area contributed by atoms with E-state index in [4.69, 9.17) is 9.15 Å². The van der Waals surface area contributed by atoms with E-state index < -0.39 is 35.6 Å². The highest BCUT2D eigenvalue weighted by Gasteiger charge is 2.16. The van der Waals surface area contributed by atoms with Gasteiger partial charge in [-0.05, 0) is 30.3 Å². The van der Waals surface area contributed by atoms with Crippen molar-refractivity contribution in [1.82, 2.24) is 4.98 Å². The van der Waals surface area contributed by atoms with E-state index >= 15 is 0 Å². The molecule has 0 spiro atoms. The minimum atomic E-state index is -0.878. The summed E-state index contributed by atoms with van der Waals surface area (Å²) in [5.41, 5.74) is 0.618. The number of hydrogen-bond donors (Lipinski definition) is 0. The second kappa shape index (κ2) is 7.69. The summed E-state index contributed by atoms with van der Waals surface area (Å²) in [6, 6.07) is 11.6. The summed E-state index contributed by atoms with van der Waals surface area (Å²) < 4.78 is 36.7. The first kappa shape index (κ1) is 17.5. The average molecular weight is 357 g/mol. The molecule has 0 N–H and O–H groups in total. The number of Topliss-reactive ketones (excluding diaryl/α,β-unsaturated/α-hetero) is 1. The standard InChI is InChI=1S/C19H13F2NO4/c20-13-6-7-16(21)15(8-13)17(23)11-25-18(24)9-14-10-26-19(22-14)12-4-2-1-3-5-12/h1-8,10H,9,11H2. The van der Waals surface area contributed by atoms with E-state index in [1.807, 2.05) is 18.2 Å². The Labute approximate surface area is 147 Å². The molecule has 0 saturated carbocycles. The second-order valence-corrected chi connectivity index (χ2v) is 5.39. The number of benzene rings is 2. The highest BCUT2D eigenvalue weighted by molar-refractivity contribution is 5.98. The Morgan fingerprint density at radius 1 is 1.08 bits per heavy atom. The van der Waals surface area contributed by atoms with Crippen molar-refractivity contribution in [1.29, 1.82) is 0 Å². The smallest absolute Gasteiger partial charge is 0.312 e. The van der Waals surface area contributed by atoms with Crippen LogP contribution >= 0.6 is 0 Å². The van der Waals surface area contributed by atoms with Gasteiger partial charge in [0.05, 0.1) is 17.7 Å². The zero-order valence-corrected chi connectivity index (χ0v) is 13.4. The zero-order valence-electron chi connectivity index (χ0n) is 13.4. The minimum Gasteiger partial charge on any atom is -0.457 e. The van der Waals surface area contributed by atoms with Crippen molar-refractivity contribution < 1.29 is 27.5 Å². The Kier molecular flexibility index (Phi) is 5.17. The van der Waals surface area contributed by atoms with Gasteiger partial charge in [-0.15, -0.1) is 0 Å². The molecule has 0 aliphatic heterocycles. The molecular weight excluding hydrogens is 344 g/mol. The number of carbonyl (C=O) groups is 2. The Morgan fingerprint density at radius 3 is 2.62 bits per heavy atom. The van der Waals surface area contributed by atoms with Crippen LogP contribution in [-0.2, 0) is 16.0 Å². The topological polar surface area (TPSA) is 69.4 Å². The lowest BCUT2D eigenvalue weighted by atomic mass is 10.1. The third-order valence-corrected chi connectivity index (χ3v) is 3.49. The van der Waals surface area contributed by atoms with Crippen molar-refractivity contribution >= 4 is 11.8 Å². The van der Waals surface area contributed by atoms with Gasteiger partial charge in [0.15, 0.2) is 6.61 Å². The molecular formula is C19H13F2NO4.